The minimum atomic E-state index is -0.289. The molecule has 100 heavy (non-hydrogen) atoms. The summed E-state index contributed by atoms with van der Waals surface area (Å²) in [6.45, 7) is 1.32. The molecule has 0 atom stereocenters. The Morgan fingerprint density at radius 2 is 0.680 bits per heavy atom. The Bertz CT molecular complexity index is 5150. The zero-order valence-corrected chi connectivity index (χ0v) is 54.1. The van der Waals surface area contributed by atoms with Crippen LogP contribution in [0.2, 0.25) is 10.0 Å². The van der Waals surface area contributed by atoms with Crippen LogP contribution in [-0.4, -0.2) is 40.6 Å². The first-order valence-corrected chi connectivity index (χ1v) is 31.6. The lowest BCUT2D eigenvalue weighted by molar-refractivity contribution is 0.309. The summed E-state index contributed by atoms with van der Waals surface area (Å²) < 4.78 is 71.6. The van der Waals surface area contributed by atoms with Gasteiger partial charge >= 0.3 is 0 Å². The fourth-order valence-electron chi connectivity index (χ4n) is 10.0. The van der Waals surface area contributed by atoms with E-state index in [4.69, 9.17) is 60.2 Å². The molecule has 0 spiro atoms. The zero-order chi connectivity index (χ0) is 68.2. The summed E-state index contributed by atoms with van der Waals surface area (Å²) in [5.41, 5.74) is 9.25. The van der Waals surface area contributed by atoms with Gasteiger partial charge in [0, 0.05) is 40.4 Å². The van der Waals surface area contributed by atoms with Crippen molar-refractivity contribution in [1.82, 2.24) is 40.6 Å². The number of hydrogen-bond acceptors (Lipinski definition) is 20. The van der Waals surface area contributed by atoms with Crippen molar-refractivity contribution in [1.29, 1.82) is 0 Å². The number of pyridine rings is 4. The Labute approximate surface area is 579 Å². The van der Waals surface area contributed by atoms with E-state index in [-0.39, 0.29) is 18.2 Å². The van der Waals surface area contributed by atoms with Crippen molar-refractivity contribution in [2.24, 2.45) is 0 Å². The number of fused-ring (bicyclic) bond motifs is 4. The second-order valence-corrected chi connectivity index (χ2v) is 22.6. The molecule has 0 radical (unpaired) electrons. The molecule has 0 amide bonds. The van der Waals surface area contributed by atoms with Crippen molar-refractivity contribution in [3.63, 3.8) is 0 Å². The van der Waals surface area contributed by atoms with Crippen LogP contribution in [0.3, 0.4) is 0 Å². The lowest BCUT2D eigenvalue weighted by atomic mass is 10.2. The molecule has 20 nitrogen and oxygen atoms in total. The van der Waals surface area contributed by atoms with Crippen LogP contribution in [0, 0.1) is 11.6 Å². The molecule has 8 heterocycles. The van der Waals surface area contributed by atoms with E-state index in [1.54, 1.807) is 67.8 Å². The van der Waals surface area contributed by atoms with Crippen LogP contribution in [0.15, 0.2) is 286 Å². The van der Waals surface area contributed by atoms with Crippen LogP contribution in [0.25, 0.3) is 43.9 Å². The number of nitrogens with zero attached hydrogens (tertiary/aromatic N) is 8. The van der Waals surface area contributed by atoms with Crippen molar-refractivity contribution in [3.05, 3.63) is 312 Å². The van der Waals surface area contributed by atoms with E-state index in [1.807, 2.05) is 176 Å². The van der Waals surface area contributed by atoms with Crippen LogP contribution in [-0.2, 0) is 26.4 Å². The first-order chi connectivity index (χ1) is 49.2. The summed E-state index contributed by atoms with van der Waals surface area (Å²) in [5.74, 6) is 4.30. The van der Waals surface area contributed by atoms with E-state index in [9.17, 15) is 8.78 Å². The smallest absolute Gasteiger partial charge is 0.185 e. The van der Waals surface area contributed by atoms with E-state index in [2.05, 4.69) is 61.8 Å². The minimum Gasteiger partial charge on any atom is -0.488 e. The van der Waals surface area contributed by atoms with Crippen LogP contribution >= 0.6 is 23.2 Å². The standard InChI is InChI=1S/2C19H14ClN3O2.2C19H14FN3O2/c20-14-5-1-4-13(10-14)12-24-16-7-2-8-17-18(16)19(23-25-17)22-15-6-3-9-21-11-15;20-15-7-2-1-5-13(15)12-24-16-8-3-9-17-18(16)19(23-25-17)22-14-6-4-10-21-11-14;20-14-5-1-4-13(10-14)12-24-16-7-2-8-17-18(16)19(23-25-17)22-15-6-3-9-21-11-15;20-14-8-6-13(7-9-14)12-24-16-4-1-5-17-18(16)19(23-25-17)22-15-3-2-10-21-11-15/h4*1-11H,12H2,(H,22,23). The van der Waals surface area contributed by atoms with Crippen molar-refractivity contribution in [2.75, 3.05) is 21.3 Å². The largest absolute Gasteiger partial charge is 0.488 e. The summed E-state index contributed by atoms with van der Waals surface area (Å²) in [5, 5.41) is 33.5. The quantitative estimate of drug-likeness (QED) is 0.0554. The number of hydrogen-bond donors (Lipinski definition) is 4. The van der Waals surface area contributed by atoms with Gasteiger partial charge in [-0.15, -0.1) is 0 Å². The van der Waals surface area contributed by atoms with Crippen LogP contribution < -0.4 is 40.2 Å². The van der Waals surface area contributed by atoms with Gasteiger partial charge in [-0.1, -0.05) is 123 Å². The molecule has 0 aliphatic rings. The van der Waals surface area contributed by atoms with Gasteiger partial charge in [-0.05, 0) is 156 Å². The Balaban J connectivity index is 0.000000119. The summed E-state index contributed by atoms with van der Waals surface area (Å²) in [6.07, 6.45) is 13.6. The summed E-state index contributed by atoms with van der Waals surface area (Å²) in [4.78, 5) is 16.3. The van der Waals surface area contributed by atoms with E-state index in [1.165, 1.54) is 24.3 Å². The highest BCUT2D eigenvalue weighted by Gasteiger charge is 2.19. The van der Waals surface area contributed by atoms with Crippen molar-refractivity contribution in [3.8, 4) is 23.0 Å². The predicted octanol–water partition coefficient (Wildman–Crippen LogP) is 19.8. The molecule has 8 aromatic carbocycles. The van der Waals surface area contributed by atoms with Gasteiger partial charge in [0.15, 0.2) is 45.6 Å². The first kappa shape index (κ1) is 65.7. The maximum Gasteiger partial charge on any atom is 0.185 e. The highest BCUT2D eigenvalue weighted by Crippen LogP contribution is 2.39. The van der Waals surface area contributed by atoms with Crippen molar-refractivity contribution >= 4 is 113 Å². The van der Waals surface area contributed by atoms with Gasteiger partial charge in [0.05, 0.1) is 47.5 Å². The van der Waals surface area contributed by atoms with E-state index >= 15 is 0 Å². The van der Waals surface area contributed by atoms with Crippen molar-refractivity contribution < 1.29 is 45.8 Å². The zero-order valence-electron chi connectivity index (χ0n) is 52.6. The highest BCUT2D eigenvalue weighted by molar-refractivity contribution is 6.31. The average Bonchev–Trinajstić information content (AvgIpc) is 1.66. The van der Waals surface area contributed by atoms with E-state index in [0.717, 1.165) is 66.5 Å². The third kappa shape index (κ3) is 17.0. The molecular formula is C76H56Cl2F2N12O8. The average molecular weight is 1370 g/mol. The third-order valence-electron chi connectivity index (χ3n) is 14.8. The molecule has 24 heteroatoms. The van der Waals surface area contributed by atoms with Gasteiger partial charge < -0.3 is 58.3 Å². The fraction of sp³-hybridized carbons (Fsp3) is 0.0526. The van der Waals surface area contributed by atoms with Crippen molar-refractivity contribution in [2.45, 2.75) is 26.4 Å². The molecule has 0 saturated carbocycles. The second kappa shape index (κ2) is 32.2. The highest BCUT2D eigenvalue weighted by atomic mass is 35.5. The Morgan fingerprint density at radius 1 is 0.320 bits per heavy atom. The molecule has 0 aliphatic heterocycles. The lowest BCUT2D eigenvalue weighted by Crippen LogP contribution is -1.98. The summed E-state index contributed by atoms with van der Waals surface area (Å²) in [7, 11) is 0. The molecule has 16 rings (SSSR count). The molecular weight excluding hydrogens is 1320 g/mol. The molecule has 0 bridgehead atoms. The number of nitrogens with one attached hydrogen (secondary N) is 4. The van der Waals surface area contributed by atoms with Crippen LogP contribution in [0.4, 0.5) is 54.8 Å². The van der Waals surface area contributed by atoms with E-state index < -0.39 is 0 Å². The molecule has 4 N–H and O–H groups in total. The van der Waals surface area contributed by atoms with Gasteiger partial charge in [-0.25, -0.2) is 8.78 Å². The summed E-state index contributed by atoms with van der Waals surface area (Å²) >= 11 is 12.2. The molecule has 496 valence electrons. The number of anilines is 8. The van der Waals surface area contributed by atoms with Gasteiger partial charge in [-0.3, -0.25) is 19.9 Å². The van der Waals surface area contributed by atoms with E-state index in [0.29, 0.717) is 98.5 Å². The SMILES string of the molecule is Clc1cccc(COc2cccc3onc(Nc4cccnc4)c23)c1.Clc1ccccc1COc1cccc2onc(Nc3cccnc3)c12.Fc1ccc(COc2cccc3onc(Nc4cccnc4)c23)cc1.Fc1cccc(COc2cccc3onc(Nc4cccnc4)c23)c1. The van der Waals surface area contributed by atoms with Gasteiger partial charge in [0.1, 0.15) is 82.6 Å². The Morgan fingerprint density at radius 3 is 1.05 bits per heavy atom. The number of rotatable bonds is 20. The molecule has 0 aliphatic carbocycles. The maximum absolute atomic E-state index is 13.3. The molecule has 0 fully saturated rings. The fourth-order valence-corrected chi connectivity index (χ4v) is 10.5. The molecule has 16 aromatic rings. The molecule has 8 aromatic heterocycles. The minimum absolute atomic E-state index is 0.244. The maximum atomic E-state index is 13.3. The summed E-state index contributed by atoms with van der Waals surface area (Å²) in [6, 6.07) is 64.8. The van der Waals surface area contributed by atoms with Crippen LogP contribution in [0.1, 0.15) is 22.3 Å². The normalized spacial score (nSPS) is 10.8. The van der Waals surface area contributed by atoms with Gasteiger partial charge in [-0.2, -0.15) is 0 Å². The number of halogens is 4. The lowest BCUT2D eigenvalue weighted by Gasteiger charge is -2.09. The Kier molecular flexibility index (Phi) is 21.2. The Hall–Kier alpha value is -12.9. The third-order valence-corrected chi connectivity index (χ3v) is 15.4. The predicted molar refractivity (Wildman–Crippen MR) is 379 cm³/mol. The first-order valence-electron chi connectivity index (χ1n) is 30.9. The molecule has 0 unspecified atom stereocenters. The topological polar surface area (TPSA) is 241 Å². The van der Waals surface area contributed by atoms with Gasteiger partial charge in [0.25, 0.3) is 0 Å². The van der Waals surface area contributed by atoms with Gasteiger partial charge in [0.2, 0.25) is 0 Å². The second-order valence-electron chi connectivity index (χ2n) is 21.7. The van der Waals surface area contributed by atoms with Crippen LogP contribution in [0.5, 0.6) is 23.0 Å². The monoisotopic (exact) mass is 1370 g/mol. The molecule has 0 saturated heterocycles. The number of benzene rings is 8. The number of aromatic nitrogens is 8. The number of ether oxygens (including phenoxy) is 4.